The molecule has 0 aromatic carbocycles. The highest BCUT2D eigenvalue weighted by atomic mass is 16.5. The van der Waals surface area contributed by atoms with Crippen molar-refractivity contribution in [1.82, 2.24) is 20.4 Å². The Labute approximate surface area is 126 Å². The van der Waals surface area contributed by atoms with E-state index in [2.05, 4.69) is 22.5 Å². The van der Waals surface area contributed by atoms with Crippen molar-refractivity contribution in [1.29, 1.82) is 0 Å². The molecule has 2 heterocycles. The molecule has 0 spiro atoms. The molecule has 2 saturated heterocycles. The Morgan fingerprint density at radius 2 is 2.14 bits per heavy atom. The minimum Gasteiger partial charge on any atom is -0.374 e. The summed E-state index contributed by atoms with van der Waals surface area (Å²) in [7, 11) is 0. The second-order valence-electron chi connectivity index (χ2n) is 5.49. The highest BCUT2D eigenvalue weighted by Crippen LogP contribution is 2.04. The number of likely N-dealkylation sites (N-methyl/N-ethyl adjacent to an activating group) is 1. The maximum Gasteiger partial charge on any atom is 0.311 e. The third-order valence-corrected chi connectivity index (χ3v) is 3.98. The lowest BCUT2D eigenvalue weighted by Gasteiger charge is -2.32. The van der Waals surface area contributed by atoms with Crippen LogP contribution in [0.4, 0.5) is 0 Å². The smallest absolute Gasteiger partial charge is 0.311 e. The van der Waals surface area contributed by atoms with Crippen LogP contribution in [0.15, 0.2) is 0 Å². The summed E-state index contributed by atoms with van der Waals surface area (Å²) in [4.78, 5) is 27.9. The largest absolute Gasteiger partial charge is 0.374 e. The monoisotopic (exact) mass is 298 g/mol. The topological polar surface area (TPSA) is 73.9 Å². The van der Waals surface area contributed by atoms with Crippen LogP contribution in [0.1, 0.15) is 13.3 Å². The SMILES string of the molecule is CCN1CCOC(CNC(=O)C(=O)N2CCCNCC2)C1. The van der Waals surface area contributed by atoms with Crippen molar-refractivity contribution in [2.45, 2.75) is 19.4 Å². The first kappa shape index (κ1) is 16.2. The first-order chi connectivity index (χ1) is 10.2. The zero-order chi connectivity index (χ0) is 15.1. The summed E-state index contributed by atoms with van der Waals surface area (Å²) in [5, 5.41) is 5.93. The highest BCUT2D eigenvalue weighted by Gasteiger charge is 2.25. The third kappa shape index (κ3) is 4.94. The molecule has 2 aliphatic heterocycles. The summed E-state index contributed by atoms with van der Waals surface area (Å²) in [6.07, 6.45) is 0.859. The lowest BCUT2D eigenvalue weighted by molar-refractivity contribution is -0.146. The summed E-state index contributed by atoms with van der Waals surface area (Å²) in [6.45, 7) is 8.78. The fraction of sp³-hybridized carbons (Fsp3) is 0.857. The molecule has 2 amide bonds. The Morgan fingerprint density at radius 1 is 1.29 bits per heavy atom. The van der Waals surface area contributed by atoms with Gasteiger partial charge in [0, 0.05) is 39.3 Å². The number of morpholine rings is 1. The molecule has 120 valence electrons. The molecule has 2 fully saturated rings. The predicted molar refractivity (Wildman–Crippen MR) is 78.9 cm³/mol. The molecule has 0 bridgehead atoms. The van der Waals surface area contributed by atoms with Crippen LogP contribution in [0, 0.1) is 0 Å². The van der Waals surface area contributed by atoms with Gasteiger partial charge in [0.1, 0.15) is 0 Å². The number of carbonyl (C=O) groups is 2. The van der Waals surface area contributed by atoms with E-state index in [1.807, 2.05) is 0 Å². The number of carbonyl (C=O) groups excluding carboxylic acids is 2. The first-order valence-corrected chi connectivity index (χ1v) is 7.82. The van der Waals surface area contributed by atoms with Crippen LogP contribution in [0.25, 0.3) is 0 Å². The molecule has 7 nitrogen and oxygen atoms in total. The van der Waals surface area contributed by atoms with Crippen molar-refractivity contribution >= 4 is 11.8 Å². The van der Waals surface area contributed by atoms with Crippen LogP contribution >= 0.6 is 0 Å². The molecule has 2 rings (SSSR count). The number of nitrogens with one attached hydrogen (secondary N) is 2. The predicted octanol–water partition coefficient (Wildman–Crippen LogP) is -1.35. The number of rotatable bonds is 3. The van der Waals surface area contributed by atoms with E-state index < -0.39 is 11.8 Å². The number of amides is 2. The normalized spacial score (nSPS) is 24.4. The molecular formula is C14H26N4O3. The maximum atomic E-state index is 12.1. The first-order valence-electron chi connectivity index (χ1n) is 7.82. The molecule has 1 atom stereocenters. The van der Waals surface area contributed by atoms with Gasteiger partial charge in [-0.25, -0.2) is 0 Å². The molecule has 0 aliphatic carbocycles. The van der Waals surface area contributed by atoms with E-state index in [0.717, 1.165) is 39.1 Å². The van der Waals surface area contributed by atoms with Gasteiger partial charge in [-0.3, -0.25) is 14.5 Å². The van der Waals surface area contributed by atoms with Gasteiger partial charge < -0.3 is 20.3 Å². The molecular weight excluding hydrogens is 272 g/mol. The number of hydrogen-bond donors (Lipinski definition) is 2. The van der Waals surface area contributed by atoms with E-state index in [-0.39, 0.29) is 6.10 Å². The van der Waals surface area contributed by atoms with Gasteiger partial charge >= 0.3 is 11.8 Å². The minimum atomic E-state index is -0.519. The van der Waals surface area contributed by atoms with E-state index >= 15 is 0 Å². The molecule has 21 heavy (non-hydrogen) atoms. The summed E-state index contributed by atoms with van der Waals surface area (Å²) in [6, 6.07) is 0. The van der Waals surface area contributed by atoms with Crippen LogP contribution in [0.2, 0.25) is 0 Å². The lowest BCUT2D eigenvalue weighted by atomic mass is 10.2. The average molecular weight is 298 g/mol. The zero-order valence-electron chi connectivity index (χ0n) is 12.8. The van der Waals surface area contributed by atoms with Crippen LogP contribution < -0.4 is 10.6 Å². The number of hydrogen-bond acceptors (Lipinski definition) is 5. The van der Waals surface area contributed by atoms with Crippen LogP contribution in [-0.2, 0) is 14.3 Å². The molecule has 1 unspecified atom stereocenters. The second-order valence-corrected chi connectivity index (χ2v) is 5.49. The van der Waals surface area contributed by atoms with Crippen molar-refractivity contribution < 1.29 is 14.3 Å². The van der Waals surface area contributed by atoms with Gasteiger partial charge in [0.05, 0.1) is 12.7 Å². The van der Waals surface area contributed by atoms with Crippen molar-refractivity contribution in [3.05, 3.63) is 0 Å². The Bertz CT molecular complexity index is 356. The van der Waals surface area contributed by atoms with Gasteiger partial charge in [0.2, 0.25) is 0 Å². The Hall–Kier alpha value is -1.18. The number of ether oxygens (including phenoxy) is 1. The Balaban J connectivity index is 1.74. The van der Waals surface area contributed by atoms with Gasteiger partial charge in [-0.2, -0.15) is 0 Å². The summed E-state index contributed by atoms with van der Waals surface area (Å²) in [5.74, 6) is -0.948. The molecule has 0 aromatic heterocycles. The Morgan fingerprint density at radius 3 is 2.95 bits per heavy atom. The van der Waals surface area contributed by atoms with E-state index in [0.29, 0.717) is 26.2 Å². The number of nitrogens with zero attached hydrogens (tertiary/aromatic N) is 2. The van der Waals surface area contributed by atoms with Crippen LogP contribution in [0.3, 0.4) is 0 Å². The van der Waals surface area contributed by atoms with E-state index in [1.54, 1.807) is 4.90 Å². The lowest BCUT2D eigenvalue weighted by Crippen LogP contribution is -2.50. The standard InChI is InChI=1S/C14H26N4O3/c1-2-17-8-9-21-12(11-17)10-16-13(19)14(20)18-6-3-4-15-5-7-18/h12,15H,2-11H2,1H3,(H,16,19). The highest BCUT2D eigenvalue weighted by molar-refractivity contribution is 6.35. The molecule has 2 aliphatic rings. The molecule has 0 aromatic rings. The van der Waals surface area contributed by atoms with Gasteiger partial charge in [0.15, 0.2) is 0 Å². The van der Waals surface area contributed by atoms with Crippen molar-refractivity contribution in [3.63, 3.8) is 0 Å². The molecule has 0 radical (unpaired) electrons. The molecule has 0 saturated carbocycles. The fourth-order valence-corrected chi connectivity index (χ4v) is 2.67. The van der Waals surface area contributed by atoms with Crippen LogP contribution in [-0.4, -0.2) is 86.7 Å². The summed E-state index contributed by atoms with van der Waals surface area (Å²) < 4.78 is 5.61. The summed E-state index contributed by atoms with van der Waals surface area (Å²) >= 11 is 0. The van der Waals surface area contributed by atoms with Gasteiger partial charge in [-0.05, 0) is 19.5 Å². The average Bonchev–Trinajstić information content (AvgIpc) is 2.81. The second kappa shape index (κ2) is 8.31. The Kier molecular flexibility index (Phi) is 6.41. The van der Waals surface area contributed by atoms with Crippen molar-refractivity contribution in [3.8, 4) is 0 Å². The third-order valence-electron chi connectivity index (χ3n) is 3.98. The van der Waals surface area contributed by atoms with Gasteiger partial charge in [-0.15, -0.1) is 0 Å². The van der Waals surface area contributed by atoms with Gasteiger partial charge in [0.25, 0.3) is 0 Å². The van der Waals surface area contributed by atoms with E-state index in [1.165, 1.54) is 0 Å². The maximum absolute atomic E-state index is 12.1. The van der Waals surface area contributed by atoms with Gasteiger partial charge in [-0.1, -0.05) is 6.92 Å². The van der Waals surface area contributed by atoms with E-state index in [9.17, 15) is 9.59 Å². The fourth-order valence-electron chi connectivity index (χ4n) is 2.67. The quantitative estimate of drug-likeness (QED) is 0.630. The zero-order valence-corrected chi connectivity index (χ0v) is 12.8. The molecule has 7 heteroatoms. The minimum absolute atomic E-state index is 0.0266. The molecule has 2 N–H and O–H groups in total. The van der Waals surface area contributed by atoms with E-state index in [4.69, 9.17) is 4.74 Å². The van der Waals surface area contributed by atoms with Crippen LogP contribution in [0.5, 0.6) is 0 Å². The van der Waals surface area contributed by atoms with Crippen molar-refractivity contribution in [2.75, 3.05) is 59.0 Å². The summed E-state index contributed by atoms with van der Waals surface area (Å²) in [5.41, 5.74) is 0. The van der Waals surface area contributed by atoms with Crippen molar-refractivity contribution in [2.24, 2.45) is 0 Å².